The maximum Gasteiger partial charge on any atom is 0.243 e. The highest BCUT2D eigenvalue weighted by atomic mass is 32.2. The molecule has 0 spiro atoms. The molecule has 3 rings (SSSR count). The number of sulfonamides is 2. The van der Waals surface area contributed by atoms with Crippen LogP contribution in [0.1, 0.15) is 43.2 Å². The summed E-state index contributed by atoms with van der Waals surface area (Å²) in [5, 5.41) is 7.83. The summed E-state index contributed by atoms with van der Waals surface area (Å²) in [7, 11) is -7.61. The number of hydrogen-bond acceptors (Lipinski definition) is 5. The second-order valence-electron chi connectivity index (χ2n) is 8.12. The van der Waals surface area contributed by atoms with Gasteiger partial charge in [0.1, 0.15) is 0 Å². The van der Waals surface area contributed by atoms with Crippen molar-refractivity contribution < 1.29 is 21.6 Å². The first-order valence-electron chi connectivity index (χ1n) is 10.5. The van der Waals surface area contributed by atoms with Gasteiger partial charge in [-0.25, -0.2) is 22.0 Å². The number of nitrogens with two attached hydrogens (primary N) is 1. The Morgan fingerprint density at radius 2 is 1.50 bits per heavy atom. The lowest BCUT2D eigenvalue weighted by atomic mass is 9.95. The van der Waals surface area contributed by atoms with Crippen LogP contribution < -0.4 is 10.5 Å². The fourth-order valence-electron chi connectivity index (χ4n) is 3.82. The molecule has 0 unspecified atom stereocenters. The molecule has 1 saturated carbocycles. The number of benzene rings is 2. The standard InChI is InChI=1S/C22H29N3O5S2/c1-17-7-11-21(12-8-17)32(29,30)25(19-5-3-2-4-6-19)16-22(26)24-15-18-9-13-20(14-10-18)31(23,27)28/h7-14,19H,2-6,15-16H2,1H3,(H,24,26)(H2,23,27,28). The summed E-state index contributed by atoms with van der Waals surface area (Å²) in [5.74, 6) is -0.415. The Labute approximate surface area is 189 Å². The first-order valence-corrected chi connectivity index (χ1v) is 13.5. The molecule has 0 bridgehead atoms. The molecule has 10 heteroatoms. The number of carbonyl (C=O) groups is 1. The highest BCUT2D eigenvalue weighted by Gasteiger charge is 2.33. The third-order valence-electron chi connectivity index (χ3n) is 5.65. The molecule has 1 amide bonds. The Kier molecular flexibility index (Phi) is 7.71. The van der Waals surface area contributed by atoms with Crippen LogP contribution in [-0.2, 0) is 31.4 Å². The quantitative estimate of drug-likeness (QED) is 0.601. The molecule has 0 aromatic heterocycles. The largest absolute Gasteiger partial charge is 0.351 e. The fraction of sp³-hybridized carbons (Fsp3) is 0.409. The van der Waals surface area contributed by atoms with Crippen molar-refractivity contribution in [2.24, 2.45) is 5.14 Å². The maximum absolute atomic E-state index is 13.4. The lowest BCUT2D eigenvalue weighted by Gasteiger charge is -2.33. The summed E-state index contributed by atoms with van der Waals surface area (Å²) in [4.78, 5) is 12.9. The normalized spacial score (nSPS) is 15.6. The van der Waals surface area contributed by atoms with Gasteiger partial charge in [0.05, 0.1) is 16.3 Å². The topological polar surface area (TPSA) is 127 Å². The van der Waals surface area contributed by atoms with E-state index in [9.17, 15) is 21.6 Å². The van der Waals surface area contributed by atoms with Crippen LogP contribution >= 0.6 is 0 Å². The van der Waals surface area contributed by atoms with Crippen LogP contribution in [-0.4, -0.2) is 39.6 Å². The average Bonchev–Trinajstić information content (AvgIpc) is 2.76. The molecule has 32 heavy (non-hydrogen) atoms. The van der Waals surface area contributed by atoms with Crippen LogP contribution in [0.2, 0.25) is 0 Å². The van der Waals surface area contributed by atoms with Gasteiger partial charge in [0.25, 0.3) is 0 Å². The van der Waals surface area contributed by atoms with E-state index in [0.29, 0.717) is 5.56 Å². The van der Waals surface area contributed by atoms with Gasteiger partial charge in [-0.1, -0.05) is 49.1 Å². The smallest absolute Gasteiger partial charge is 0.243 e. The number of amides is 1. The molecule has 174 valence electrons. The van der Waals surface area contributed by atoms with Gasteiger partial charge >= 0.3 is 0 Å². The van der Waals surface area contributed by atoms with Crippen molar-refractivity contribution in [1.29, 1.82) is 0 Å². The summed E-state index contributed by atoms with van der Waals surface area (Å²) >= 11 is 0. The van der Waals surface area contributed by atoms with Crippen molar-refractivity contribution >= 4 is 26.0 Å². The molecule has 1 aliphatic carbocycles. The van der Waals surface area contributed by atoms with Crippen LogP contribution in [0.4, 0.5) is 0 Å². The molecule has 0 aliphatic heterocycles. The second kappa shape index (κ2) is 10.1. The molecule has 1 aliphatic rings. The Morgan fingerprint density at radius 3 is 2.06 bits per heavy atom. The van der Waals surface area contributed by atoms with E-state index in [2.05, 4.69) is 5.32 Å². The summed E-state index contributed by atoms with van der Waals surface area (Å²) in [5.41, 5.74) is 1.63. The van der Waals surface area contributed by atoms with Gasteiger partial charge in [0.15, 0.2) is 0 Å². The lowest BCUT2D eigenvalue weighted by Crippen LogP contribution is -2.46. The first-order chi connectivity index (χ1) is 15.1. The van der Waals surface area contributed by atoms with Crippen molar-refractivity contribution in [3.8, 4) is 0 Å². The molecular weight excluding hydrogens is 450 g/mol. The highest BCUT2D eigenvalue weighted by Crippen LogP contribution is 2.28. The number of nitrogens with one attached hydrogen (secondary N) is 1. The number of carbonyl (C=O) groups excluding carboxylic acids is 1. The van der Waals surface area contributed by atoms with Crippen LogP contribution in [0.15, 0.2) is 58.3 Å². The summed E-state index contributed by atoms with van der Waals surface area (Å²) in [6.07, 6.45) is 4.39. The Balaban J connectivity index is 1.73. The van der Waals surface area contributed by atoms with Crippen molar-refractivity contribution in [1.82, 2.24) is 9.62 Å². The molecule has 2 aromatic rings. The zero-order valence-electron chi connectivity index (χ0n) is 18.0. The van der Waals surface area contributed by atoms with E-state index in [4.69, 9.17) is 5.14 Å². The van der Waals surface area contributed by atoms with Gasteiger partial charge in [-0.15, -0.1) is 0 Å². The zero-order valence-corrected chi connectivity index (χ0v) is 19.7. The number of primary sulfonamides is 1. The highest BCUT2D eigenvalue weighted by molar-refractivity contribution is 7.89. The molecule has 0 saturated heterocycles. The molecule has 0 atom stereocenters. The van der Waals surface area contributed by atoms with Crippen LogP contribution in [0, 0.1) is 6.92 Å². The van der Waals surface area contributed by atoms with E-state index in [-0.39, 0.29) is 28.9 Å². The minimum atomic E-state index is -3.83. The summed E-state index contributed by atoms with van der Waals surface area (Å²) in [6, 6.07) is 12.3. The van der Waals surface area contributed by atoms with E-state index in [1.165, 1.54) is 16.4 Å². The van der Waals surface area contributed by atoms with E-state index in [1.54, 1.807) is 36.4 Å². The number of aryl methyl sites for hydroxylation is 1. The van der Waals surface area contributed by atoms with Gasteiger partial charge in [0.2, 0.25) is 26.0 Å². The molecule has 1 fully saturated rings. The Morgan fingerprint density at radius 1 is 0.938 bits per heavy atom. The Hall–Kier alpha value is -2.27. The molecule has 8 nitrogen and oxygen atoms in total. The predicted molar refractivity (Wildman–Crippen MR) is 122 cm³/mol. The minimum absolute atomic E-state index is 0.0137. The van der Waals surface area contributed by atoms with Gasteiger partial charge in [-0.2, -0.15) is 4.31 Å². The molecular formula is C22H29N3O5S2. The molecule has 3 N–H and O–H groups in total. The zero-order chi connectivity index (χ0) is 23.4. The second-order valence-corrected chi connectivity index (χ2v) is 11.6. The van der Waals surface area contributed by atoms with E-state index >= 15 is 0 Å². The SMILES string of the molecule is Cc1ccc(S(=O)(=O)N(CC(=O)NCc2ccc(S(N)(=O)=O)cc2)C2CCCCC2)cc1. The Bertz CT molecular complexity index is 1140. The fourth-order valence-corrected chi connectivity index (χ4v) is 5.98. The van der Waals surface area contributed by atoms with Crippen molar-refractivity contribution in [2.75, 3.05) is 6.54 Å². The van der Waals surface area contributed by atoms with Crippen molar-refractivity contribution in [2.45, 2.75) is 61.4 Å². The van der Waals surface area contributed by atoms with Gasteiger partial charge in [-0.05, 0) is 49.6 Å². The lowest BCUT2D eigenvalue weighted by molar-refractivity contribution is -0.121. The van der Waals surface area contributed by atoms with Crippen molar-refractivity contribution in [3.63, 3.8) is 0 Å². The summed E-state index contributed by atoms with van der Waals surface area (Å²) < 4.78 is 50.8. The van der Waals surface area contributed by atoms with Crippen LogP contribution in [0.25, 0.3) is 0 Å². The number of hydrogen-bond donors (Lipinski definition) is 2. The molecule has 0 radical (unpaired) electrons. The number of rotatable bonds is 8. The third-order valence-corrected chi connectivity index (χ3v) is 8.49. The van der Waals surface area contributed by atoms with Crippen molar-refractivity contribution in [3.05, 3.63) is 59.7 Å². The van der Waals surface area contributed by atoms with Gasteiger partial charge < -0.3 is 5.32 Å². The van der Waals surface area contributed by atoms with E-state index in [0.717, 1.165) is 37.7 Å². The predicted octanol–water partition coefficient (Wildman–Crippen LogP) is 2.28. The van der Waals surface area contributed by atoms with Crippen LogP contribution in [0.5, 0.6) is 0 Å². The monoisotopic (exact) mass is 479 g/mol. The molecule has 2 aromatic carbocycles. The average molecular weight is 480 g/mol. The van der Waals surface area contributed by atoms with E-state index in [1.807, 2.05) is 6.92 Å². The third kappa shape index (κ3) is 6.16. The minimum Gasteiger partial charge on any atom is -0.351 e. The molecule has 0 heterocycles. The number of nitrogens with zero attached hydrogens (tertiary/aromatic N) is 1. The van der Waals surface area contributed by atoms with Gasteiger partial charge in [-0.3, -0.25) is 4.79 Å². The first kappa shape index (κ1) is 24.4. The summed E-state index contributed by atoms with van der Waals surface area (Å²) in [6.45, 7) is 1.77. The maximum atomic E-state index is 13.4. The van der Waals surface area contributed by atoms with E-state index < -0.39 is 26.0 Å². The van der Waals surface area contributed by atoms with Crippen LogP contribution in [0.3, 0.4) is 0 Å². The van der Waals surface area contributed by atoms with Gasteiger partial charge in [0, 0.05) is 12.6 Å².